The molecule has 7 nitrogen and oxygen atoms in total. The molecule has 1 aliphatic heterocycles. The number of carbonyl (C=O) groups excluding carboxylic acids is 1. The first-order valence-electron chi connectivity index (χ1n) is 12.7. The summed E-state index contributed by atoms with van der Waals surface area (Å²) in [6.45, 7) is 9.57. The number of pyridine rings is 1. The number of aromatic nitrogens is 3. The Morgan fingerprint density at radius 3 is 2.51 bits per heavy atom. The van der Waals surface area contributed by atoms with Crippen molar-refractivity contribution in [3.63, 3.8) is 0 Å². The number of amides is 1. The predicted octanol–water partition coefficient (Wildman–Crippen LogP) is 5.55. The van der Waals surface area contributed by atoms with Crippen LogP contribution in [0.25, 0.3) is 33.2 Å². The molecule has 0 N–H and O–H groups in total. The predicted molar refractivity (Wildman–Crippen MR) is 149 cm³/mol. The molecule has 8 heteroatoms. The molecular formula is C29H34N4O3Si. The van der Waals surface area contributed by atoms with Crippen molar-refractivity contribution in [2.75, 3.05) is 26.8 Å². The summed E-state index contributed by atoms with van der Waals surface area (Å²) < 4.78 is 13.0. The fourth-order valence-corrected chi connectivity index (χ4v) is 5.19. The highest BCUT2D eigenvalue weighted by Gasteiger charge is 2.31. The van der Waals surface area contributed by atoms with E-state index in [1.807, 2.05) is 52.4 Å². The molecule has 0 radical (unpaired) electrons. The Morgan fingerprint density at radius 2 is 1.78 bits per heavy atom. The van der Waals surface area contributed by atoms with Gasteiger partial charge in [0, 0.05) is 63.8 Å². The van der Waals surface area contributed by atoms with Gasteiger partial charge in [-0.1, -0.05) is 43.9 Å². The zero-order valence-electron chi connectivity index (χ0n) is 22.0. The van der Waals surface area contributed by atoms with E-state index >= 15 is 0 Å². The van der Waals surface area contributed by atoms with Crippen molar-refractivity contribution in [2.45, 2.75) is 38.5 Å². The maximum atomic E-state index is 12.9. The van der Waals surface area contributed by atoms with Gasteiger partial charge < -0.3 is 14.4 Å². The van der Waals surface area contributed by atoms with E-state index in [4.69, 9.17) is 9.47 Å². The molecule has 3 heterocycles. The zero-order chi connectivity index (χ0) is 26.0. The van der Waals surface area contributed by atoms with E-state index in [0.717, 1.165) is 45.8 Å². The molecule has 2 aromatic carbocycles. The summed E-state index contributed by atoms with van der Waals surface area (Å²) in [4.78, 5) is 19.3. The molecule has 37 heavy (non-hydrogen) atoms. The van der Waals surface area contributed by atoms with E-state index in [1.165, 1.54) is 0 Å². The lowest BCUT2D eigenvalue weighted by Gasteiger charge is -2.38. The van der Waals surface area contributed by atoms with Gasteiger partial charge in [0.15, 0.2) is 0 Å². The number of hydrogen-bond acceptors (Lipinski definition) is 5. The molecule has 2 aromatic heterocycles. The maximum absolute atomic E-state index is 12.9. The summed E-state index contributed by atoms with van der Waals surface area (Å²) in [5.74, 6) is 0.0295. The highest BCUT2D eigenvalue weighted by atomic mass is 28.3. The normalized spacial score (nSPS) is 14.2. The zero-order valence-corrected chi connectivity index (χ0v) is 23.0. The second-order valence-corrected chi connectivity index (χ2v) is 16.5. The number of likely N-dealkylation sites (tertiary alicyclic amines) is 1. The lowest BCUT2D eigenvalue weighted by atomic mass is 9.97. The fraction of sp³-hybridized carbons (Fsp3) is 0.345. The third-order valence-electron chi connectivity index (χ3n) is 6.84. The molecular weight excluding hydrogens is 480 g/mol. The van der Waals surface area contributed by atoms with E-state index in [2.05, 4.69) is 54.0 Å². The summed E-state index contributed by atoms with van der Waals surface area (Å²) in [7, 11) is 0.590. The van der Waals surface area contributed by atoms with Crippen LogP contribution in [-0.2, 0) is 16.2 Å². The average Bonchev–Trinajstić information content (AvgIpc) is 3.34. The van der Waals surface area contributed by atoms with Crippen LogP contribution in [0.2, 0.25) is 25.7 Å². The molecule has 1 aliphatic rings. The molecule has 1 saturated heterocycles. The van der Waals surface area contributed by atoms with E-state index in [1.54, 1.807) is 7.11 Å². The molecule has 192 valence electrons. The van der Waals surface area contributed by atoms with Crippen molar-refractivity contribution in [1.82, 2.24) is 19.7 Å². The number of nitrogens with zero attached hydrogens (tertiary/aromatic N) is 4. The van der Waals surface area contributed by atoms with Crippen LogP contribution in [-0.4, -0.2) is 66.6 Å². The number of rotatable bonds is 9. The molecule has 0 bridgehead atoms. The van der Waals surface area contributed by atoms with Crippen LogP contribution in [0.15, 0.2) is 67.1 Å². The van der Waals surface area contributed by atoms with Gasteiger partial charge in [-0.15, -0.1) is 0 Å². The minimum absolute atomic E-state index is 0.0295. The maximum Gasteiger partial charge on any atom is 0.254 e. The summed E-state index contributed by atoms with van der Waals surface area (Å²) in [6, 6.07) is 17.3. The van der Waals surface area contributed by atoms with Crippen molar-refractivity contribution < 1.29 is 14.3 Å². The van der Waals surface area contributed by atoms with Crippen LogP contribution in [0.4, 0.5) is 0 Å². The standard InChI is InChI=1S/C29H34N4O3Si/c1-35-25-18-32(19-25)29(34)23-9-10-28-27(15-23)26(11-12-30-28)22-7-5-21(6-8-22)24-16-31-33(17-24)20-36-13-14-37(2,3)4/h5-12,15-17,25H,13-14,18-20H2,1-4H3. The lowest BCUT2D eigenvalue weighted by molar-refractivity contribution is -0.0191. The van der Waals surface area contributed by atoms with Crippen molar-refractivity contribution in [2.24, 2.45) is 0 Å². The van der Waals surface area contributed by atoms with Gasteiger partial charge in [-0.2, -0.15) is 5.10 Å². The molecule has 4 aromatic rings. The van der Waals surface area contributed by atoms with Gasteiger partial charge in [-0.25, -0.2) is 4.68 Å². The number of fused-ring (bicyclic) bond motifs is 1. The highest BCUT2D eigenvalue weighted by molar-refractivity contribution is 6.76. The van der Waals surface area contributed by atoms with Gasteiger partial charge in [0.2, 0.25) is 0 Å². The smallest absolute Gasteiger partial charge is 0.254 e. The number of carbonyl (C=O) groups is 1. The second-order valence-electron chi connectivity index (χ2n) is 10.9. The fourth-order valence-electron chi connectivity index (χ4n) is 4.43. The van der Waals surface area contributed by atoms with Crippen LogP contribution >= 0.6 is 0 Å². The molecule has 5 rings (SSSR count). The molecule has 0 aliphatic carbocycles. The first-order valence-corrected chi connectivity index (χ1v) is 16.4. The van der Waals surface area contributed by atoms with Crippen LogP contribution in [0.5, 0.6) is 0 Å². The van der Waals surface area contributed by atoms with Crippen LogP contribution in [0.1, 0.15) is 10.4 Å². The van der Waals surface area contributed by atoms with E-state index in [9.17, 15) is 4.79 Å². The number of methoxy groups -OCH3 is 1. The average molecular weight is 515 g/mol. The lowest BCUT2D eigenvalue weighted by Crippen LogP contribution is -2.54. The Balaban J connectivity index is 1.31. The Bertz CT molecular complexity index is 1390. The molecule has 1 amide bonds. The topological polar surface area (TPSA) is 69.5 Å². The van der Waals surface area contributed by atoms with Gasteiger partial charge in [0.25, 0.3) is 5.91 Å². The van der Waals surface area contributed by atoms with E-state index in [0.29, 0.717) is 25.4 Å². The number of ether oxygens (including phenoxy) is 2. The third kappa shape index (κ3) is 5.82. The molecule has 0 atom stereocenters. The number of hydrogen-bond donors (Lipinski definition) is 0. The Labute approximate surface area is 219 Å². The van der Waals surface area contributed by atoms with E-state index in [-0.39, 0.29) is 12.0 Å². The van der Waals surface area contributed by atoms with Crippen molar-refractivity contribution in [3.8, 4) is 22.3 Å². The quantitative estimate of drug-likeness (QED) is 0.216. The Kier molecular flexibility index (Phi) is 7.23. The van der Waals surface area contributed by atoms with Gasteiger partial charge in [0.05, 0.1) is 17.8 Å². The first-order chi connectivity index (χ1) is 17.8. The van der Waals surface area contributed by atoms with Crippen LogP contribution in [0.3, 0.4) is 0 Å². The van der Waals surface area contributed by atoms with Gasteiger partial charge in [-0.3, -0.25) is 9.78 Å². The second kappa shape index (κ2) is 10.6. The summed E-state index contributed by atoms with van der Waals surface area (Å²) >= 11 is 0. The third-order valence-corrected chi connectivity index (χ3v) is 8.54. The van der Waals surface area contributed by atoms with Gasteiger partial charge in [0.1, 0.15) is 6.73 Å². The number of benzene rings is 2. The highest BCUT2D eigenvalue weighted by Crippen LogP contribution is 2.31. The molecule has 0 saturated carbocycles. The van der Waals surface area contributed by atoms with Crippen molar-refractivity contribution in [1.29, 1.82) is 0 Å². The van der Waals surface area contributed by atoms with Gasteiger partial charge >= 0.3 is 0 Å². The molecule has 1 fully saturated rings. The minimum atomic E-state index is -1.09. The first kappa shape index (κ1) is 25.3. The minimum Gasteiger partial charge on any atom is -0.378 e. The monoisotopic (exact) mass is 514 g/mol. The van der Waals surface area contributed by atoms with Gasteiger partial charge in [-0.05, 0) is 47.0 Å². The Morgan fingerprint density at radius 1 is 1.03 bits per heavy atom. The SMILES string of the molecule is COC1CN(C(=O)c2ccc3nccc(-c4ccc(-c5cnn(COCC[Si](C)(C)C)c5)cc4)c3c2)C1. The summed E-state index contributed by atoms with van der Waals surface area (Å²) in [5, 5.41) is 5.43. The van der Waals surface area contributed by atoms with Crippen LogP contribution < -0.4 is 0 Å². The Hall–Kier alpha value is -3.33. The molecule has 0 spiro atoms. The summed E-state index contributed by atoms with van der Waals surface area (Å²) in [6.07, 6.45) is 5.85. The van der Waals surface area contributed by atoms with E-state index < -0.39 is 8.07 Å². The largest absolute Gasteiger partial charge is 0.378 e. The van der Waals surface area contributed by atoms with Crippen molar-refractivity contribution in [3.05, 3.63) is 72.7 Å². The van der Waals surface area contributed by atoms with Crippen molar-refractivity contribution >= 4 is 24.9 Å². The summed E-state index contributed by atoms with van der Waals surface area (Å²) in [5.41, 5.74) is 5.81. The molecule has 0 unspecified atom stereocenters. The van der Waals surface area contributed by atoms with Crippen LogP contribution in [0, 0.1) is 0 Å².